The number of alkyl halides is 3. The fourth-order valence-corrected chi connectivity index (χ4v) is 5.06. The van der Waals surface area contributed by atoms with Crippen molar-refractivity contribution < 1.29 is 22.7 Å². The van der Waals surface area contributed by atoms with Crippen LogP contribution in [0.4, 0.5) is 13.2 Å². The maximum Gasteiger partial charge on any atom is 0.416 e. The van der Waals surface area contributed by atoms with Crippen molar-refractivity contribution in [1.29, 1.82) is 0 Å². The van der Waals surface area contributed by atoms with Crippen LogP contribution in [0.15, 0.2) is 36.4 Å². The van der Waals surface area contributed by atoms with Crippen molar-refractivity contribution in [2.24, 2.45) is 0 Å². The van der Waals surface area contributed by atoms with E-state index in [9.17, 15) is 18.0 Å². The molecule has 2 saturated heterocycles. The number of ether oxygens (including phenoxy) is 1. The second-order valence-corrected chi connectivity index (χ2v) is 8.56. The van der Waals surface area contributed by atoms with Gasteiger partial charge < -0.3 is 9.64 Å². The molecular weight excluding hydrogens is 405 g/mol. The molecule has 0 aromatic heterocycles. The monoisotopic (exact) mass is 432 g/mol. The first-order valence-corrected chi connectivity index (χ1v) is 10.5. The average molecular weight is 432 g/mol. The van der Waals surface area contributed by atoms with E-state index >= 15 is 0 Å². The Balaban J connectivity index is 1.46. The largest absolute Gasteiger partial charge is 0.496 e. The van der Waals surface area contributed by atoms with Crippen LogP contribution in [0.5, 0.6) is 5.75 Å². The molecule has 0 unspecified atom stereocenters. The summed E-state index contributed by atoms with van der Waals surface area (Å²) in [6.07, 6.45) is -3.51. The van der Waals surface area contributed by atoms with E-state index in [2.05, 4.69) is 31.7 Å². The molecule has 0 N–H and O–H groups in total. The van der Waals surface area contributed by atoms with Crippen molar-refractivity contribution >= 4 is 5.91 Å². The van der Waals surface area contributed by atoms with E-state index in [-0.39, 0.29) is 24.0 Å². The van der Waals surface area contributed by atoms with Gasteiger partial charge in [-0.1, -0.05) is 6.07 Å². The Hall–Kier alpha value is -2.54. The van der Waals surface area contributed by atoms with Gasteiger partial charge >= 0.3 is 6.18 Å². The highest BCUT2D eigenvalue weighted by Crippen LogP contribution is 2.39. The maximum atomic E-state index is 12.9. The minimum atomic E-state index is -4.40. The molecule has 31 heavy (non-hydrogen) atoms. The number of halogens is 3. The number of amides is 1. The fraction of sp³-hybridized carbons (Fsp3) is 0.458. The molecule has 166 valence electrons. The van der Waals surface area contributed by atoms with Crippen molar-refractivity contribution in [3.8, 4) is 5.75 Å². The van der Waals surface area contributed by atoms with Gasteiger partial charge in [0.15, 0.2) is 0 Å². The number of benzene rings is 2. The second-order valence-electron chi connectivity index (χ2n) is 8.56. The molecule has 2 bridgehead atoms. The number of hydrogen-bond donors (Lipinski definition) is 0. The Bertz CT molecular complexity index is 988. The molecule has 2 aliphatic rings. The lowest BCUT2D eigenvalue weighted by Gasteiger charge is -2.38. The van der Waals surface area contributed by atoms with Crippen LogP contribution < -0.4 is 4.74 Å². The minimum absolute atomic E-state index is 0.0851. The van der Waals surface area contributed by atoms with E-state index in [4.69, 9.17) is 4.74 Å². The summed E-state index contributed by atoms with van der Waals surface area (Å²) >= 11 is 0. The van der Waals surface area contributed by atoms with Crippen molar-refractivity contribution in [2.75, 3.05) is 20.2 Å². The summed E-state index contributed by atoms with van der Waals surface area (Å²) in [6, 6.07) is 9.17. The fourth-order valence-electron chi connectivity index (χ4n) is 5.06. The van der Waals surface area contributed by atoms with E-state index < -0.39 is 11.7 Å². The number of methoxy groups -OCH3 is 1. The normalized spacial score (nSPS) is 22.1. The molecule has 2 fully saturated rings. The summed E-state index contributed by atoms with van der Waals surface area (Å²) in [6.45, 7) is 7.73. The second kappa shape index (κ2) is 7.86. The first-order chi connectivity index (χ1) is 14.6. The van der Waals surface area contributed by atoms with Crippen LogP contribution in [-0.4, -0.2) is 48.0 Å². The van der Waals surface area contributed by atoms with Crippen LogP contribution in [-0.2, 0) is 6.18 Å². The van der Waals surface area contributed by atoms with Gasteiger partial charge in [0.25, 0.3) is 5.91 Å². The molecule has 3 atom stereocenters. The molecule has 1 amide bonds. The summed E-state index contributed by atoms with van der Waals surface area (Å²) in [5, 5.41) is 0. The number of likely N-dealkylation sites (tertiary alicyclic amines) is 2. The van der Waals surface area contributed by atoms with E-state index in [0.29, 0.717) is 12.1 Å². The third-order valence-corrected chi connectivity index (χ3v) is 6.95. The average Bonchev–Trinajstić information content (AvgIpc) is 3.35. The Morgan fingerprint density at radius 2 is 1.71 bits per heavy atom. The number of rotatable bonds is 4. The molecule has 0 aliphatic carbocycles. The van der Waals surface area contributed by atoms with E-state index in [1.165, 1.54) is 23.3 Å². The van der Waals surface area contributed by atoms with Gasteiger partial charge in [-0.3, -0.25) is 9.69 Å². The highest BCUT2D eigenvalue weighted by molar-refractivity contribution is 5.94. The van der Waals surface area contributed by atoms with Gasteiger partial charge in [0.1, 0.15) is 5.75 Å². The molecule has 7 heteroatoms. The zero-order valence-corrected chi connectivity index (χ0v) is 18.2. The summed E-state index contributed by atoms with van der Waals surface area (Å²) in [7, 11) is 1.67. The SMILES string of the molecule is COc1ccc([C@H](C)N2C[C@@H]3C[C@H]2CN3C(=O)c2ccc(C(F)(F)F)cc2)c(C)c1C. The van der Waals surface area contributed by atoms with Gasteiger partial charge in [-0.05, 0) is 74.2 Å². The number of carbonyl (C=O) groups excluding carboxylic acids is 1. The van der Waals surface area contributed by atoms with Crippen LogP contribution in [0.25, 0.3) is 0 Å². The molecule has 4 nitrogen and oxygen atoms in total. The summed E-state index contributed by atoms with van der Waals surface area (Å²) < 4.78 is 43.8. The van der Waals surface area contributed by atoms with Crippen LogP contribution in [0.1, 0.15) is 52.0 Å². The van der Waals surface area contributed by atoms with Crippen molar-refractivity contribution in [1.82, 2.24) is 9.80 Å². The van der Waals surface area contributed by atoms with Gasteiger partial charge in [0.05, 0.1) is 12.7 Å². The number of piperazine rings is 1. The van der Waals surface area contributed by atoms with E-state index in [0.717, 1.165) is 36.4 Å². The Labute approximate surface area is 180 Å². The van der Waals surface area contributed by atoms with Gasteiger partial charge in [0.2, 0.25) is 0 Å². The van der Waals surface area contributed by atoms with Crippen LogP contribution >= 0.6 is 0 Å². The highest BCUT2D eigenvalue weighted by Gasteiger charge is 2.47. The predicted molar refractivity (Wildman–Crippen MR) is 112 cm³/mol. The molecule has 2 aromatic carbocycles. The first-order valence-electron chi connectivity index (χ1n) is 10.5. The summed E-state index contributed by atoms with van der Waals surface area (Å²) in [4.78, 5) is 17.2. The molecule has 0 spiro atoms. The van der Waals surface area contributed by atoms with E-state index in [1.807, 2.05) is 11.0 Å². The van der Waals surface area contributed by atoms with Crippen LogP contribution in [0, 0.1) is 13.8 Å². The maximum absolute atomic E-state index is 12.9. The topological polar surface area (TPSA) is 32.8 Å². The zero-order chi connectivity index (χ0) is 22.5. The predicted octanol–water partition coefficient (Wildman–Crippen LogP) is 4.99. The molecule has 2 aromatic rings. The molecule has 0 saturated carbocycles. The van der Waals surface area contributed by atoms with Crippen LogP contribution in [0.2, 0.25) is 0 Å². The van der Waals surface area contributed by atoms with Crippen LogP contribution in [0.3, 0.4) is 0 Å². The number of fused-ring (bicyclic) bond motifs is 2. The number of hydrogen-bond acceptors (Lipinski definition) is 3. The third-order valence-electron chi connectivity index (χ3n) is 6.95. The molecular formula is C24H27F3N2O2. The minimum Gasteiger partial charge on any atom is -0.496 e. The van der Waals surface area contributed by atoms with Gasteiger partial charge in [-0.2, -0.15) is 13.2 Å². The van der Waals surface area contributed by atoms with Crippen molar-refractivity contribution in [3.63, 3.8) is 0 Å². The molecule has 4 rings (SSSR count). The Morgan fingerprint density at radius 1 is 1.03 bits per heavy atom. The smallest absolute Gasteiger partial charge is 0.416 e. The number of carbonyl (C=O) groups is 1. The van der Waals surface area contributed by atoms with Gasteiger partial charge in [0, 0.05) is 36.8 Å². The molecule has 2 heterocycles. The first kappa shape index (κ1) is 21.7. The quantitative estimate of drug-likeness (QED) is 0.682. The Kier molecular flexibility index (Phi) is 5.50. The van der Waals surface area contributed by atoms with Gasteiger partial charge in [-0.25, -0.2) is 0 Å². The van der Waals surface area contributed by atoms with Gasteiger partial charge in [-0.15, -0.1) is 0 Å². The lowest BCUT2D eigenvalue weighted by atomic mass is 9.96. The van der Waals surface area contributed by atoms with Crippen molar-refractivity contribution in [2.45, 2.75) is 51.5 Å². The lowest BCUT2D eigenvalue weighted by molar-refractivity contribution is -0.137. The van der Waals surface area contributed by atoms with E-state index in [1.54, 1.807) is 7.11 Å². The Morgan fingerprint density at radius 3 is 2.26 bits per heavy atom. The third kappa shape index (κ3) is 3.80. The lowest BCUT2D eigenvalue weighted by Crippen LogP contribution is -2.49. The number of nitrogens with zero attached hydrogens (tertiary/aromatic N) is 2. The van der Waals surface area contributed by atoms with Crippen molar-refractivity contribution in [3.05, 3.63) is 64.2 Å². The summed E-state index contributed by atoms with van der Waals surface area (Å²) in [5.74, 6) is 0.690. The highest BCUT2D eigenvalue weighted by atomic mass is 19.4. The molecule has 0 radical (unpaired) electrons. The standard InChI is InChI=1S/C24H27F3N2O2/c1-14-15(2)22(31-4)10-9-21(14)16(3)28-12-20-11-19(28)13-29(20)23(30)17-5-7-18(8-6-17)24(25,26)27/h5-10,16,19-20H,11-13H2,1-4H3/t16-,19-,20-/m0/s1. The zero-order valence-electron chi connectivity index (χ0n) is 18.2. The molecule has 2 aliphatic heterocycles. The summed E-state index contributed by atoms with van der Waals surface area (Å²) in [5.41, 5.74) is 3.17.